The van der Waals surface area contributed by atoms with Gasteiger partial charge in [-0.3, -0.25) is 4.79 Å². The van der Waals surface area contributed by atoms with Crippen LogP contribution in [0.15, 0.2) is 83.7 Å². The lowest BCUT2D eigenvalue weighted by molar-refractivity contribution is 0.355. The lowest BCUT2D eigenvalue weighted by atomic mass is 10.1. The second kappa shape index (κ2) is 10.6. The Morgan fingerprint density at radius 3 is 2.24 bits per heavy atom. The minimum Gasteiger partial charge on any atom is -0.496 e. The molecule has 0 bridgehead atoms. The lowest BCUT2D eigenvalue weighted by Crippen LogP contribution is -2.21. The Hall–Kier alpha value is -4.56. The average Bonchev–Trinajstić information content (AvgIpc) is 3.31. The molecule has 0 atom stereocenters. The highest BCUT2D eigenvalue weighted by atomic mass is 16.5. The van der Waals surface area contributed by atoms with Crippen molar-refractivity contribution in [3.63, 3.8) is 0 Å². The van der Waals surface area contributed by atoms with Crippen molar-refractivity contribution in [2.24, 2.45) is 0 Å². The van der Waals surface area contributed by atoms with Crippen molar-refractivity contribution in [2.45, 2.75) is 13.1 Å². The Morgan fingerprint density at radius 2 is 1.49 bits per heavy atom. The number of hydrogen-bond donors (Lipinski definition) is 2. The molecule has 2 aromatic heterocycles. The van der Waals surface area contributed by atoms with Crippen LogP contribution in [0.5, 0.6) is 17.2 Å². The Bertz CT molecular complexity index is 1590. The zero-order chi connectivity index (χ0) is 25.8. The van der Waals surface area contributed by atoms with Gasteiger partial charge in [-0.15, -0.1) is 0 Å². The SMILES string of the molecule is COc1ccccc1CNCc1cc2c(-c3ccc(OC)c(OC)c3)nn(-c3ccccc3)c2[nH]c1=O. The number of para-hydroxylation sites is 2. The zero-order valence-corrected chi connectivity index (χ0v) is 20.9. The normalized spacial score (nSPS) is 11.0. The van der Waals surface area contributed by atoms with Crippen molar-refractivity contribution in [1.82, 2.24) is 20.1 Å². The molecule has 0 saturated carbocycles. The predicted octanol–water partition coefficient (Wildman–Crippen LogP) is 4.70. The molecular formula is C29H28N4O4. The molecule has 188 valence electrons. The number of aromatic amines is 1. The summed E-state index contributed by atoms with van der Waals surface area (Å²) >= 11 is 0. The second-order valence-electron chi connectivity index (χ2n) is 8.47. The second-order valence-corrected chi connectivity index (χ2v) is 8.47. The quantitative estimate of drug-likeness (QED) is 0.308. The van der Waals surface area contributed by atoms with E-state index in [-0.39, 0.29) is 5.56 Å². The molecule has 0 radical (unpaired) electrons. The summed E-state index contributed by atoms with van der Waals surface area (Å²) in [7, 11) is 4.86. The van der Waals surface area contributed by atoms with Gasteiger partial charge in [0.15, 0.2) is 11.5 Å². The number of fused-ring (bicyclic) bond motifs is 1. The molecule has 2 heterocycles. The van der Waals surface area contributed by atoms with Crippen molar-refractivity contribution in [1.29, 1.82) is 0 Å². The number of nitrogens with zero attached hydrogens (tertiary/aromatic N) is 2. The molecule has 37 heavy (non-hydrogen) atoms. The van der Waals surface area contributed by atoms with Crippen LogP contribution in [0.1, 0.15) is 11.1 Å². The van der Waals surface area contributed by atoms with Gasteiger partial charge in [-0.2, -0.15) is 5.10 Å². The van der Waals surface area contributed by atoms with E-state index in [4.69, 9.17) is 19.3 Å². The largest absolute Gasteiger partial charge is 0.496 e. The van der Waals surface area contributed by atoms with Gasteiger partial charge in [-0.1, -0.05) is 36.4 Å². The molecule has 3 aromatic carbocycles. The monoisotopic (exact) mass is 496 g/mol. The van der Waals surface area contributed by atoms with Gasteiger partial charge in [-0.05, 0) is 42.5 Å². The van der Waals surface area contributed by atoms with Crippen molar-refractivity contribution < 1.29 is 14.2 Å². The number of benzene rings is 3. The van der Waals surface area contributed by atoms with Crippen molar-refractivity contribution >= 4 is 11.0 Å². The van der Waals surface area contributed by atoms with Gasteiger partial charge in [0.2, 0.25) is 0 Å². The van der Waals surface area contributed by atoms with Crippen LogP contribution in [-0.4, -0.2) is 36.1 Å². The minimum atomic E-state index is -0.170. The Balaban J connectivity index is 1.57. The minimum absolute atomic E-state index is 0.170. The van der Waals surface area contributed by atoms with Crippen molar-refractivity contribution in [3.8, 4) is 34.2 Å². The van der Waals surface area contributed by atoms with Crippen LogP contribution in [0.2, 0.25) is 0 Å². The van der Waals surface area contributed by atoms with Crippen LogP contribution < -0.4 is 25.1 Å². The van der Waals surface area contributed by atoms with Crippen LogP contribution in [0, 0.1) is 0 Å². The maximum atomic E-state index is 13.1. The van der Waals surface area contributed by atoms with E-state index in [0.717, 1.165) is 33.6 Å². The number of pyridine rings is 1. The molecule has 5 aromatic rings. The summed E-state index contributed by atoms with van der Waals surface area (Å²) in [5.41, 5.74) is 4.49. The van der Waals surface area contributed by atoms with Crippen molar-refractivity contribution in [3.05, 3.63) is 100 Å². The van der Waals surface area contributed by atoms with Crippen LogP contribution in [0.25, 0.3) is 28.0 Å². The highest BCUT2D eigenvalue weighted by Gasteiger charge is 2.18. The van der Waals surface area contributed by atoms with E-state index < -0.39 is 0 Å². The van der Waals surface area contributed by atoms with E-state index in [1.54, 1.807) is 26.0 Å². The summed E-state index contributed by atoms with van der Waals surface area (Å²) in [4.78, 5) is 16.2. The van der Waals surface area contributed by atoms with Gasteiger partial charge in [0.1, 0.15) is 17.1 Å². The van der Waals surface area contributed by atoms with Gasteiger partial charge in [0.05, 0.1) is 27.0 Å². The topological polar surface area (TPSA) is 90.4 Å². The Kier molecular flexibility index (Phi) is 6.91. The number of H-pyrrole nitrogens is 1. The molecule has 2 N–H and O–H groups in total. The third kappa shape index (κ3) is 4.79. The molecule has 8 heteroatoms. The number of methoxy groups -OCH3 is 3. The first-order valence-corrected chi connectivity index (χ1v) is 11.9. The summed E-state index contributed by atoms with van der Waals surface area (Å²) in [6, 6.07) is 25.1. The molecule has 8 nitrogen and oxygen atoms in total. The predicted molar refractivity (Wildman–Crippen MR) is 144 cm³/mol. The molecule has 0 amide bonds. The van der Waals surface area contributed by atoms with E-state index in [2.05, 4.69) is 10.3 Å². The lowest BCUT2D eigenvalue weighted by Gasteiger charge is -2.10. The van der Waals surface area contributed by atoms with Crippen LogP contribution >= 0.6 is 0 Å². The van der Waals surface area contributed by atoms with Crippen LogP contribution in [0.4, 0.5) is 0 Å². The first kappa shape index (κ1) is 24.1. The molecule has 5 rings (SSSR count). The van der Waals surface area contributed by atoms with E-state index in [1.807, 2.05) is 78.9 Å². The molecule has 0 fully saturated rings. The maximum Gasteiger partial charge on any atom is 0.254 e. The average molecular weight is 497 g/mol. The van der Waals surface area contributed by atoms with Gasteiger partial charge in [-0.25, -0.2) is 4.68 Å². The van der Waals surface area contributed by atoms with Gasteiger partial charge < -0.3 is 24.5 Å². The number of ether oxygens (including phenoxy) is 3. The fourth-order valence-corrected chi connectivity index (χ4v) is 4.38. The molecule has 0 aliphatic heterocycles. The maximum absolute atomic E-state index is 13.1. The molecule has 0 spiro atoms. The summed E-state index contributed by atoms with van der Waals surface area (Å²) in [5, 5.41) is 9.10. The van der Waals surface area contributed by atoms with Crippen molar-refractivity contribution in [2.75, 3.05) is 21.3 Å². The fourth-order valence-electron chi connectivity index (χ4n) is 4.38. The number of rotatable bonds is 9. The van der Waals surface area contributed by atoms with Gasteiger partial charge >= 0.3 is 0 Å². The summed E-state index contributed by atoms with van der Waals surface area (Å²) in [6.07, 6.45) is 0. The zero-order valence-electron chi connectivity index (χ0n) is 20.9. The number of aromatic nitrogens is 3. The first-order chi connectivity index (χ1) is 18.1. The molecule has 0 saturated heterocycles. The fraction of sp³-hybridized carbons (Fsp3) is 0.172. The summed E-state index contributed by atoms with van der Waals surface area (Å²) < 4.78 is 18.1. The highest BCUT2D eigenvalue weighted by molar-refractivity contribution is 5.92. The van der Waals surface area contributed by atoms with Crippen LogP contribution in [-0.2, 0) is 13.1 Å². The highest BCUT2D eigenvalue weighted by Crippen LogP contribution is 2.35. The molecular weight excluding hydrogens is 468 g/mol. The Morgan fingerprint density at radius 1 is 0.784 bits per heavy atom. The van der Waals surface area contributed by atoms with Gasteiger partial charge in [0, 0.05) is 35.2 Å². The standard InChI is InChI=1S/C29H28N4O4/c1-35-24-12-8-7-9-20(24)17-30-18-21-15-23-27(19-13-14-25(36-2)26(16-19)37-3)32-33(28(23)31-29(21)34)22-10-5-4-6-11-22/h4-16,30H,17-18H2,1-3H3,(H,31,34). The summed E-state index contributed by atoms with van der Waals surface area (Å²) in [6.45, 7) is 0.943. The van der Waals surface area contributed by atoms with E-state index in [0.29, 0.717) is 35.8 Å². The van der Waals surface area contributed by atoms with Crippen LogP contribution in [0.3, 0.4) is 0 Å². The van der Waals surface area contributed by atoms with Gasteiger partial charge in [0.25, 0.3) is 5.56 Å². The molecule has 0 aliphatic carbocycles. The molecule has 0 unspecified atom stereocenters. The number of nitrogens with one attached hydrogen (secondary N) is 2. The summed E-state index contributed by atoms with van der Waals surface area (Å²) in [5.74, 6) is 2.04. The third-order valence-corrected chi connectivity index (χ3v) is 6.25. The number of hydrogen-bond acceptors (Lipinski definition) is 6. The third-order valence-electron chi connectivity index (χ3n) is 6.25. The van der Waals surface area contributed by atoms with E-state index in [9.17, 15) is 4.79 Å². The van der Waals surface area contributed by atoms with E-state index in [1.165, 1.54) is 0 Å². The first-order valence-electron chi connectivity index (χ1n) is 11.9. The smallest absolute Gasteiger partial charge is 0.254 e. The Labute approximate surface area is 214 Å². The molecule has 0 aliphatic rings. The van der Waals surface area contributed by atoms with E-state index >= 15 is 0 Å².